The second-order valence-corrected chi connectivity index (χ2v) is 8.34. The third-order valence-electron chi connectivity index (χ3n) is 4.62. The average molecular weight is 324 g/mol. The summed E-state index contributed by atoms with van der Waals surface area (Å²) in [5.41, 5.74) is 2.40. The normalized spacial score (nSPS) is 29.7. The predicted octanol–water partition coefficient (Wildman–Crippen LogP) is 1.96. The molecule has 1 heterocycles. The summed E-state index contributed by atoms with van der Waals surface area (Å²) in [5.74, 6) is 0. The number of nitrogens with zero attached hydrogens (tertiary/aromatic N) is 2. The van der Waals surface area contributed by atoms with E-state index in [1.807, 2.05) is 32.0 Å². The summed E-state index contributed by atoms with van der Waals surface area (Å²) in [5, 5.41) is 0. The van der Waals surface area contributed by atoms with Crippen LogP contribution >= 0.6 is 0 Å². The molecule has 0 spiro atoms. The van der Waals surface area contributed by atoms with Crippen molar-refractivity contribution in [2.45, 2.75) is 44.9 Å². The van der Waals surface area contributed by atoms with Crippen LogP contribution in [0.1, 0.15) is 37.4 Å². The molecule has 0 N–H and O–H groups in total. The Morgan fingerprint density at radius 2 is 1.82 bits per heavy atom. The van der Waals surface area contributed by atoms with Gasteiger partial charge in [-0.05, 0) is 37.8 Å². The SMILES string of the molecule is CC1CN(S(=O)(=O)N(C)C2CCc3ccccc32)CC(C)O1. The number of rotatable bonds is 3. The van der Waals surface area contributed by atoms with Crippen molar-refractivity contribution in [1.29, 1.82) is 0 Å². The lowest BCUT2D eigenvalue weighted by Crippen LogP contribution is -2.52. The molecule has 122 valence electrons. The second kappa shape index (κ2) is 5.92. The van der Waals surface area contributed by atoms with Crippen LogP contribution in [-0.4, -0.2) is 49.4 Å². The molecule has 1 saturated heterocycles. The topological polar surface area (TPSA) is 49.9 Å². The predicted molar refractivity (Wildman–Crippen MR) is 85.8 cm³/mol. The molecule has 6 heteroatoms. The third kappa shape index (κ3) is 2.80. The minimum absolute atomic E-state index is 0.0605. The first-order valence-corrected chi connectivity index (χ1v) is 9.25. The van der Waals surface area contributed by atoms with Gasteiger partial charge in [0.25, 0.3) is 10.2 Å². The molecule has 0 aromatic heterocycles. The monoisotopic (exact) mass is 324 g/mol. The number of benzene rings is 1. The van der Waals surface area contributed by atoms with Gasteiger partial charge in [0.05, 0.1) is 18.2 Å². The molecule has 0 radical (unpaired) electrons. The van der Waals surface area contributed by atoms with Crippen LogP contribution in [0.15, 0.2) is 24.3 Å². The summed E-state index contributed by atoms with van der Waals surface area (Å²) in [6.45, 7) is 4.68. The molecular formula is C16H24N2O3S. The van der Waals surface area contributed by atoms with E-state index in [0.29, 0.717) is 13.1 Å². The van der Waals surface area contributed by atoms with Crippen LogP contribution in [0.2, 0.25) is 0 Å². The highest BCUT2D eigenvalue weighted by molar-refractivity contribution is 7.86. The van der Waals surface area contributed by atoms with E-state index < -0.39 is 10.2 Å². The van der Waals surface area contributed by atoms with Crippen molar-refractivity contribution in [1.82, 2.24) is 8.61 Å². The lowest BCUT2D eigenvalue weighted by molar-refractivity contribution is -0.0455. The molecule has 1 aromatic carbocycles. The fourth-order valence-corrected chi connectivity index (χ4v) is 5.28. The van der Waals surface area contributed by atoms with Crippen LogP contribution in [0.4, 0.5) is 0 Å². The van der Waals surface area contributed by atoms with E-state index in [-0.39, 0.29) is 18.2 Å². The molecule has 22 heavy (non-hydrogen) atoms. The van der Waals surface area contributed by atoms with Crippen molar-refractivity contribution < 1.29 is 13.2 Å². The lowest BCUT2D eigenvalue weighted by Gasteiger charge is -2.38. The van der Waals surface area contributed by atoms with E-state index in [9.17, 15) is 8.42 Å². The highest BCUT2D eigenvalue weighted by Gasteiger charge is 2.38. The molecular weight excluding hydrogens is 300 g/mol. The van der Waals surface area contributed by atoms with Gasteiger partial charge >= 0.3 is 0 Å². The van der Waals surface area contributed by atoms with Gasteiger partial charge < -0.3 is 4.74 Å². The Bertz CT molecular complexity index is 637. The first-order chi connectivity index (χ1) is 10.4. The zero-order valence-corrected chi connectivity index (χ0v) is 14.2. The molecule has 1 aliphatic heterocycles. The highest BCUT2D eigenvalue weighted by atomic mass is 32.2. The van der Waals surface area contributed by atoms with Gasteiger partial charge in [-0.25, -0.2) is 0 Å². The first-order valence-electron chi connectivity index (χ1n) is 7.86. The quantitative estimate of drug-likeness (QED) is 0.854. The van der Waals surface area contributed by atoms with Gasteiger partial charge in [0, 0.05) is 20.1 Å². The van der Waals surface area contributed by atoms with Gasteiger partial charge in [0.1, 0.15) is 0 Å². The molecule has 3 atom stereocenters. The van der Waals surface area contributed by atoms with Crippen molar-refractivity contribution in [3.63, 3.8) is 0 Å². The van der Waals surface area contributed by atoms with Gasteiger partial charge in [0.15, 0.2) is 0 Å². The summed E-state index contributed by atoms with van der Waals surface area (Å²) in [7, 11) is -1.77. The standard InChI is InChI=1S/C16H24N2O3S/c1-12-10-18(11-13(2)21-12)22(19,20)17(3)16-9-8-14-6-4-5-7-15(14)16/h4-7,12-13,16H,8-11H2,1-3H3. The maximum atomic E-state index is 13.0. The number of aryl methyl sites for hydroxylation is 1. The number of hydrogen-bond acceptors (Lipinski definition) is 3. The van der Waals surface area contributed by atoms with E-state index >= 15 is 0 Å². The van der Waals surface area contributed by atoms with E-state index in [4.69, 9.17) is 4.74 Å². The summed E-state index contributed by atoms with van der Waals surface area (Å²) in [4.78, 5) is 0. The highest BCUT2D eigenvalue weighted by Crippen LogP contribution is 2.37. The van der Waals surface area contributed by atoms with Gasteiger partial charge in [0.2, 0.25) is 0 Å². The molecule has 0 bridgehead atoms. The fourth-order valence-electron chi connectivity index (χ4n) is 3.57. The van der Waals surface area contributed by atoms with E-state index in [0.717, 1.165) is 18.4 Å². The van der Waals surface area contributed by atoms with Crippen LogP contribution in [0, 0.1) is 0 Å². The van der Waals surface area contributed by atoms with Crippen LogP contribution in [-0.2, 0) is 21.4 Å². The van der Waals surface area contributed by atoms with Crippen LogP contribution in [0.5, 0.6) is 0 Å². The van der Waals surface area contributed by atoms with Gasteiger partial charge in [-0.1, -0.05) is 24.3 Å². The Kier molecular flexibility index (Phi) is 4.29. The molecule has 0 amide bonds. The van der Waals surface area contributed by atoms with Crippen molar-refractivity contribution >= 4 is 10.2 Å². The largest absolute Gasteiger partial charge is 0.373 e. The lowest BCUT2D eigenvalue weighted by atomic mass is 10.1. The van der Waals surface area contributed by atoms with Gasteiger partial charge in [-0.15, -0.1) is 0 Å². The molecule has 1 aliphatic carbocycles. The Morgan fingerprint density at radius 1 is 1.18 bits per heavy atom. The Hall–Kier alpha value is -0.950. The van der Waals surface area contributed by atoms with Crippen molar-refractivity contribution in [3.05, 3.63) is 35.4 Å². The summed E-state index contributed by atoms with van der Waals surface area (Å²) in [6.07, 6.45) is 1.66. The van der Waals surface area contributed by atoms with Crippen molar-refractivity contribution in [2.24, 2.45) is 0 Å². The number of hydrogen-bond donors (Lipinski definition) is 0. The number of fused-ring (bicyclic) bond motifs is 1. The Labute approximate surface area is 133 Å². The minimum atomic E-state index is -3.47. The van der Waals surface area contributed by atoms with Crippen molar-refractivity contribution in [2.75, 3.05) is 20.1 Å². The van der Waals surface area contributed by atoms with Crippen LogP contribution in [0.3, 0.4) is 0 Å². The number of ether oxygens (including phenoxy) is 1. The molecule has 0 saturated carbocycles. The zero-order valence-electron chi connectivity index (χ0n) is 13.4. The van der Waals surface area contributed by atoms with Gasteiger partial charge in [-0.2, -0.15) is 17.0 Å². The summed E-state index contributed by atoms with van der Waals surface area (Å²) in [6, 6.07) is 8.07. The smallest absolute Gasteiger partial charge is 0.282 e. The third-order valence-corrected chi connectivity index (χ3v) is 6.55. The van der Waals surface area contributed by atoms with Crippen LogP contribution in [0.25, 0.3) is 0 Å². The second-order valence-electron chi connectivity index (χ2n) is 6.35. The summed E-state index contributed by atoms with van der Waals surface area (Å²) >= 11 is 0. The van der Waals surface area contributed by atoms with Gasteiger partial charge in [-0.3, -0.25) is 0 Å². The molecule has 3 rings (SSSR count). The number of morpholine rings is 1. The maximum absolute atomic E-state index is 13.0. The first kappa shape index (κ1) is 15.9. The van der Waals surface area contributed by atoms with E-state index in [1.165, 1.54) is 5.56 Å². The van der Waals surface area contributed by atoms with Crippen molar-refractivity contribution in [3.8, 4) is 0 Å². The van der Waals surface area contributed by atoms with E-state index in [1.54, 1.807) is 15.7 Å². The maximum Gasteiger partial charge on any atom is 0.282 e. The Morgan fingerprint density at radius 3 is 2.50 bits per heavy atom. The average Bonchev–Trinajstić information content (AvgIpc) is 2.89. The minimum Gasteiger partial charge on any atom is -0.373 e. The molecule has 5 nitrogen and oxygen atoms in total. The fraction of sp³-hybridized carbons (Fsp3) is 0.625. The molecule has 1 fully saturated rings. The molecule has 1 aromatic rings. The zero-order chi connectivity index (χ0) is 15.9. The summed E-state index contributed by atoms with van der Waals surface area (Å²) < 4.78 is 34.7. The Balaban J connectivity index is 1.84. The van der Waals surface area contributed by atoms with E-state index in [2.05, 4.69) is 6.07 Å². The molecule has 3 unspecified atom stereocenters. The molecule has 2 aliphatic rings. The van der Waals surface area contributed by atoms with Crippen LogP contribution < -0.4 is 0 Å².